The van der Waals surface area contributed by atoms with Crippen LogP contribution in [0.3, 0.4) is 0 Å². The van der Waals surface area contributed by atoms with E-state index < -0.39 is 0 Å². The lowest BCUT2D eigenvalue weighted by molar-refractivity contribution is 1.28. The summed E-state index contributed by atoms with van der Waals surface area (Å²) in [5.74, 6) is 0. The van der Waals surface area contributed by atoms with E-state index in [1.165, 1.54) is 44.2 Å². The largest absolute Gasteiger partial charge is 0.310 e. The smallest absolute Gasteiger partial charge is 0.0467 e. The van der Waals surface area contributed by atoms with Crippen molar-refractivity contribution >= 4 is 27.8 Å². The minimum absolute atomic E-state index is 1.12. The molecule has 1 heteroatoms. The molecule has 0 bridgehead atoms. The number of nitrogens with zero attached hydrogens (tertiary/aromatic N) is 1. The fraction of sp³-hybridized carbons (Fsp3) is 0. The third-order valence-electron chi connectivity index (χ3n) is 7.63. The molecule has 0 radical (unpaired) electrons. The first-order valence-corrected chi connectivity index (χ1v) is 14.0. The Hall–Kier alpha value is -5.40. The van der Waals surface area contributed by atoms with Crippen LogP contribution in [0.1, 0.15) is 0 Å². The molecule has 7 aromatic rings. The Bertz CT molecular complexity index is 1920. The summed E-state index contributed by atoms with van der Waals surface area (Å²) in [4.78, 5) is 2.33. The predicted octanol–water partition coefficient (Wildman–Crippen LogP) is 11.3. The van der Waals surface area contributed by atoms with Gasteiger partial charge in [0, 0.05) is 17.1 Å². The Morgan fingerprint density at radius 3 is 1.44 bits per heavy atom. The first kappa shape index (κ1) is 24.6. The molecule has 194 valence electrons. The van der Waals surface area contributed by atoms with Crippen LogP contribution in [0.5, 0.6) is 0 Å². The van der Waals surface area contributed by atoms with Gasteiger partial charge in [0.05, 0.1) is 0 Å². The van der Waals surface area contributed by atoms with Crippen LogP contribution in [0.4, 0.5) is 17.1 Å². The van der Waals surface area contributed by atoms with E-state index in [9.17, 15) is 0 Å². The molecule has 7 aromatic carbocycles. The van der Waals surface area contributed by atoms with Crippen molar-refractivity contribution in [1.82, 2.24) is 0 Å². The summed E-state index contributed by atoms with van der Waals surface area (Å²) >= 11 is 0. The maximum absolute atomic E-state index is 2.33. The lowest BCUT2D eigenvalue weighted by Gasteiger charge is -2.26. The highest BCUT2D eigenvalue weighted by Crippen LogP contribution is 2.38. The molecule has 0 N–H and O–H groups in total. The van der Waals surface area contributed by atoms with Gasteiger partial charge in [0.2, 0.25) is 0 Å². The molecular weight excluding hydrogens is 494 g/mol. The lowest BCUT2D eigenvalue weighted by atomic mass is 9.98. The van der Waals surface area contributed by atoms with Gasteiger partial charge in [0.25, 0.3) is 0 Å². The van der Waals surface area contributed by atoms with Crippen LogP contribution in [0.25, 0.3) is 44.2 Å². The number of benzene rings is 7. The van der Waals surface area contributed by atoms with Crippen molar-refractivity contribution in [2.24, 2.45) is 0 Å². The van der Waals surface area contributed by atoms with Crippen molar-refractivity contribution in [3.8, 4) is 33.4 Å². The molecule has 0 spiro atoms. The van der Waals surface area contributed by atoms with Gasteiger partial charge in [-0.1, -0.05) is 127 Å². The summed E-state index contributed by atoms with van der Waals surface area (Å²) in [6.07, 6.45) is 0. The highest BCUT2D eigenvalue weighted by molar-refractivity contribution is 5.88. The second-order valence-corrected chi connectivity index (χ2v) is 10.3. The van der Waals surface area contributed by atoms with E-state index in [0.717, 1.165) is 17.1 Å². The zero-order valence-electron chi connectivity index (χ0n) is 22.7. The Balaban J connectivity index is 1.26. The summed E-state index contributed by atoms with van der Waals surface area (Å²) in [5.41, 5.74) is 10.6. The molecule has 0 heterocycles. The number of fused-ring (bicyclic) bond motifs is 1. The summed E-state index contributed by atoms with van der Waals surface area (Å²) in [5, 5.41) is 2.51. The lowest BCUT2D eigenvalue weighted by Crippen LogP contribution is -2.09. The second-order valence-electron chi connectivity index (χ2n) is 10.3. The van der Waals surface area contributed by atoms with E-state index in [1.807, 2.05) is 0 Å². The Morgan fingerprint density at radius 1 is 0.244 bits per heavy atom. The fourth-order valence-electron chi connectivity index (χ4n) is 5.53. The molecule has 0 fully saturated rings. The Labute approximate surface area is 241 Å². The molecule has 0 amide bonds. The average molecular weight is 524 g/mol. The van der Waals surface area contributed by atoms with Gasteiger partial charge in [-0.2, -0.15) is 0 Å². The van der Waals surface area contributed by atoms with Crippen LogP contribution in [0.15, 0.2) is 176 Å². The number of hydrogen-bond acceptors (Lipinski definition) is 1. The Kier molecular flexibility index (Phi) is 6.61. The van der Waals surface area contributed by atoms with E-state index in [2.05, 4.69) is 181 Å². The fourth-order valence-corrected chi connectivity index (χ4v) is 5.53. The minimum Gasteiger partial charge on any atom is -0.310 e. The molecule has 0 atom stereocenters. The summed E-state index contributed by atoms with van der Waals surface area (Å²) < 4.78 is 0. The molecular formula is C40H29N. The van der Waals surface area contributed by atoms with Crippen molar-refractivity contribution in [2.75, 3.05) is 4.90 Å². The number of rotatable bonds is 6. The van der Waals surface area contributed by atoms with Gasteiger partial charge in [-0.25, -0.2) is 0 Å². The third-order valence-corrected chi connectivity index (χ3v) is 7.63. The maximum atomic E-state index is 2.33. The standard InChI is InChI=1S/C40H29N/c1-3-11-30(12-4-1)34-15-9-16-35(27-34)32-23-25-39(26-24-32)41(38-18-5-2-6-19-38)40-20-10-17-36(29-40)37-22-21-31-13-7-8-14-33(31)28-37/h1-29H. The molecule has 0 aliphatic rings. The zero-order valence-corrected chi connectivity index (χ0v) is 22.7. The third kappa shape index (κ3) is 5.14. The van der Waals surface area contributed by atoms with Crippen molar-refractivity contribution in [3.63, 3.8) is 0 Å². The van der Waals surface area contributed by atoms with Crippen LogP contribution in [0, 0.1) is 0 Å². The number of hydrogen-bond donors (Lipinski definition) is 0. The topological polar surface area (TPSA) is 3.24 Å². The molecule has 0 unspecified atom stereocenters. The van der Waals surface area contributed by atoms with Gasteiger partial charge >= 0.3 is 0 Å². The van der Waals surface area contributed by atoms with E-state index in [-0.39, 0.29) is 0 Å². The molecule has 0 aliphatic carbocycles. The van der Waals surface area contributed by atoms with E-state index in [4.69, 9.17) is 0 Å². The zero-order chi connectivity index (χ0) is 27.4. The van der Waals surface area contributed by atoms with E-state index >= 15 is 0 Å². The van der Waals surface area contributed by atoms with E-state index in [0.29, 0.717) is 0 Å². The van der Waals surface area contributed by atoms with Crippen LogP contribution < -0.4 is 4.90 Å². The van der Waals surface area contributed by atoms with Crippen molar-refractivity contribution in [3.05, 3.63) is 176 Å². The van der Waals surface area contributed by atoms with Gasteiger partial charge in [0.15, 0.2) is 0 Å². The molecule has 41 heavy (non-hydrogen) atoms. The first-order chi connectivity index (χ1) is 20.3. The molecule has 0 aromatic heterocycles. The highest BCUT2D eigenvalue weighted by atomic mass is 15.1. The summed E-state index contributed by atoms with van der Waals surface area (Å²) in [7, 11) is 0. The van der Waals surface area contributed by atoms with Gasteiger partial charge in [-0.3, -0.25) is 0 Å². The van der Waals surface area contributed by atoms with Gasteiger partial charge < -0.3 is 4.90 Å². The molecule has 7 rings (SSSR count). The van der Waals surface area contributed by atoms with Crippen LogP contribution in [0.2, 0.25) is 0 Å². The minimum atomic E-state index is 1.12. The maximum Gasteiger partial charge on any atom is 0.0467 e. The SMILES string of the molecule is c1ccc(-c2cccc(-c3ccc(N(c4ccccc4)c4cccc(-c5ccc6ccccc6c5)c4)cc3)c2)cc1. The number of para-hydroxylation sites is 1. The van der Waals surface area contributed by atoms with Gasteiger partial charge in [0.1, 0.15) is 0 Å². The van der Waals surface area contributed by atoms with Crippen molar-refractivity contribution < 1.29 is 0 Å². The van der Waals surface area contributed by atoms with Crippen LogP contribution in [-0.2, 0) is 0 Å². The molecule has 0 saturated carbocycles. The molecule has 1 nitrogen and oxygen atoms in total. The summed E-state index contributed by atoms with van der Waals surface area (Å²) in [6, 6.07) is 62.8. The molecule has 0 saturated heterocycles. The second kappa shape index (κ2) is 11.0. The highest BCUT2D eigenvalue weighted by Gasteiger charge is 2.14. The quantitative estimate of drug-likeness (QED) is 0.209. The average Bonchev–Trinajstić information content (AvgIpc) is 3.06. The Morgan fingerprint density at radius 2 is 0.707 bits per heavy atom. The monoisotopic (exact) mass is 523 g/mol. The first-order valence-electron chi connectivity index (χ1n) is 14.0. The van der Waals surface area contributed by atoms with Crippen molar-refractivity contribution in [1.29, 1.82) is 0 Å². The van der Waals surface area contributed by atoms with Gasteiger partial charge in [-0.05, 0) is 92.7 Å². The molecule has 0 aliphatic heterocycles. The van der Waals surface area contributed by atoms with Gasteiger partial charge in [-0.15, -0.1) is 0 Å². The van der Waals surface area contributed by atoms with Crippen LogP contribution in [-0.4, -0.2) is 0 Å². The normalized spacial score (nSPS) is 10.9. The van der Waals surface area contributed by atoms with Crippen molar-refractivity contribution in [2.45, 2.75) is 0 Å². The van der Waals surface area contributed by atoms with Crippen LogP contribution >= 0.6 is 0 Å². The summed E-state index contributed by atoms with van der Waals surface area (Å²) in [6.45, 7) is 0. The number of anilines is 3. The van der Waals surface area contributed by atoms with E-state index in [1.54, 1.807) is 0 Å². The predicted molar refractivity (Wildman–Crippen MR) is 175 cm³/mol.